The van der Waals surface area contributed by atoms with E-state index < -0.39 is 23.2 Å². The molecule has 1 aliphatic carbocycles. The second-order valence-electron chi connectivity index (χ2n) is 4.98. The van der Waals surface area contributed by atoms with Crippen LogP contribution in [0.25, 0.3) is 0 Å². The van der Waals surface area contributed by atoms with Crippen LogP contribution in [0.3, 0.4) is 0 Å². The van der Waals surface area contributed by atoms with Crippen molar-refractivity contribution in [2.24, 2.45) is 0 Å². The van der Waals surface area contributed by atoms with E-state index >= 15 is 0 Å². The lowest BCUT2D eigenvalue weighted by Crippen LogP contribution is -2.17. The highest BCUT2D eigenvalue weighted by atomic mass is 32.1. The number of fused-ring (bicyclic) bond motifs is 1. The van der Waals surface area contributed by atoms with E-state index in [4.69, 9.17) is 5.11 Å². The van der Waals surface area contributed by atoms with Gasteiger partial charge in [0.25, 0.3) is 0 Å². The molecule has 0 amide bonds. The monoisotopic (exact) mass is 309 g/mol. The van der Waals surface area contributed by atoms with E-state index in [1.165, 1.54) is 10.9 Å². The lowest BCUT2D eigenvalue weighted by Gasteiger charge is -2.25. The summed E-state index contributed by atoms with van der Waals surface area (Å²) >= 11 is 1.67. The van der Waals surface area contributed by atoms with Crippen molar-refractivity contribution in [2.75, 3.05) is 5.32 Å². The molecule has 1 heterocycles. The third-order valence-corrected chi connectivity index (χ3v) is 4.69. The maximum Gasteiger partial charge on any atom is 0.338 e. The van der Waals surface area contributed by atoms with Crippen LogP contribution in [0.4, 0.5) is 14.5 Å². The van der Waals surface area contributed by atoms with Crippen molar-refractivity contribution in [3.63, 3.8) is 0 Å². The lowest BCUT2D eigenvalue weighted by atomic mass is 9.94. The normalized spacial score (nSPS) is 17.3. The fourth-order valence-electron chi connectivity index (χ4n) is 2.65. The van der Waals surface area contributed by atoms with Crippen LogP contribution < -0.4 is 5.32 Å². The Kier molecular flexibility index (Phi) is 3.63. The van der Waals surface area contributed by atoms with Gasteiger partial charge in [-0.2, -0.15) is 0 Å². The first-order valence-corrected chi connectivity index (χ1v) is 7.50. The molecule has 0 bridgehead atoms. The van der Waals surface area contributed by atoms with Crippen LogP contribution in [-0.4, -0.2) is 11.1 Å². The smallest absolute Gasteiger partial charge is 0.338 e. The molecular weight excluding hydrogens is 296 g/mol. The molecular formula is C15H13F2NO2S. The van der Waals surface area contributed by atoms with Crippen molar-refractivity contribution in [3.8, 4) is 0 Å². The minimum atomic E-state index is -1.48. The number of halogens is 2. The van der Waals surface area contributed by atoms with Gasteiger partial charge in [-0.1, -0.05) is 0 Å². The molecule has 6 heteroatoms. The number of anilines is 1. The number of hydrogen-bond acceptors (Lipinski definition) is 3. The number of benzene rings is 1. The van der Waals surface area contributed by atoms with Gasteiger partial charge in [0.05, 0.1) is 17.3 Å². The van der Waals surface area contributed by atoms with E-state index in [0.717, 1.165) is 30.9 Å². The Balaban J connectivity index is 1.90. The Morgan fingerprint density at radius 3 is 2.86 bits per heavy atom. The van der Waals surface area contributed by atoms with E-state index in [0.29, 0.717) is 0 Å². The van der Waals surface area contributed by atoms with Crippen molar-refractivity contribution in [1.82, 2.24) is 0 Å². The summed E-state index contributed by atoms with van der Waals surface area (Å²) in [7, 11) is 0. The molecule has 2 N–H and O–H groups in total. The highest BCUT2D eigenvalue weighted by Gasteiger charge is 2.24. The average Bonchev–Trinajstić information content (AvgIpc) is 2.93. The van der Waals surface area contributed by atoms with Crippen LogP contribution in [-0.2, 0) is 6.42 Å². The van der Waals surface area contributed by atoms with Gasteiger partial charge >= 0.3 is 5.97 Å². The van der Waals surface area contributed by atoms with Crippen LogP contribution in [0.5, 0.6) is 0 Å². The number of carbonyl (C=O) groups is 1. The summed E-state index contributed by atoms with van der Waals surface area (Å²) in [5.41, 5.74) is 0.466. The first-order valence-electron chi connectivity index (χ1n) is 6.62. The van der Waals surface area contributed by atoms with E-state index in [9.17, 15) is 13.6 Å². The SMILES string of the molecule is O=C(O)c1ccc(NC2CCCc3sccc32)c(F)c1F. The number of aryl methyl sites for hydroxylation is 1. The quantitative estimate of drug-likeness (QED) is 0.892. The maximum atomic E-state index is 14.0. The lowest BCUT2D eigenvalue weighted by molar-refractivity contribution is 0.0690. The van der Waals surface area contributed by atoms with Crippen LogP contribution in [0.2, 0.25) is 0 Å². The van der Waals surface area contributed by atoms with Gasteiger partial charge in [0.2, 0.25) is 0 Å². The highest BCUT2D eigenvalue weighted by molar-refractivity contribution is 7.10. The molecule has 3 nitrogen and oxygen atoms in total. The first kappa shape index (κ1) is 14.0. The van der Waals surface area contributed by atoms with Gasteiger partial charge in [-0.3, -0.25) is 0 Å². The number of carboxylic acids is 1. The number of carboxylic acid groups (broad SMARTS) is 1. The van der Waals surface area contributed by atoms with E-state index in [1.54, 1.807) is 11.3 Å². The predicted molar refractivity (Wildman–Crippen MR) is 76.9 cm³/mol. The van der Waals surface area contributed by atoms with Crippen molar-refractivity contribution in [1.29, 1.82) is 0 Å². The number of nitrogens with one attached hydrogen (secondary N) is 1. The Labute approximate surface area is 124 Å². The van der Waals surface area contributed by atoms with Crippen molar-refractivity contribution in [3.05, 3.63) is 51.2 Å². The second-order valence-corrected chi connectivity index (χ2v) is 5.98. The minimum Gasteiger partial charge on any atom is -0.478 e. The molecule has 0 saturated heterocycles. The fraction of sp³-hybridized carbons (Fsp3) is 0.267. The number of hydrogen-bond donors (Lipinski definition) is 2. The van der Waals surface area contributed by atoms with E-state index in [1.807, 2.05) is 11.4 Å². The molecule has 0 spiro atoms. The molecule has 0 fully saturated rings. The molecule has 21 heavy (non-hydrogen) atoms. The molecule has 3 rings (SSSR count). The van der Waals surface area contributed by atoms with E-state index in [2.05, 4.69) is 5.32 Å². The third-order valence-electron chi connectivity index (χ3n) is 3.69. The zero-order valence-corrected chi connectivity index (χ0v) is 11.8. The van der Waals surface area contributed by atoms with Gasteiger partial charge < -0.3 is 10.4 Å². The molecule has 2 aromatic rings. The Hall–Kier alpha value is -1.95. The Morgan fingerprint density at radius 1 is 1.29 bits per heavy atom. The van der Waals surface area contributed by atoms with Crippen LogP contribution >= 0.6 is 11.3 Å². The molecule has 1 aromatic heterocycles. The second kappa shape index (κ2) is 5.44. The van der Waals surface area contributed by atoms with Gasteiger partial charge in [-0.25, -0.2) is 13.6 Å². The highest BCUT2D eigenvalue weighted by Crippen LogP contribution is 2.36. The average molecular weight is 309 g/mol. The van der Waals surface area contributed by atoms with Crippen molar-refractivity contribution >= 4 is 23.0 Å². The zero-order valence-electron chi connectivity index (χ0n) is 11.0. The molecule has 0 aliphatic heterocycles. The first-order chi connectivity index (χ1) is 10.1. The van der Waals surface area contributed by atoms with E-state index in [-0.39, 0.29) is 11.7 Å². The standard InChI is InChI=1S/C15H13F2NO2S/c16-13-9(15(19)20)4-5-11(14(13)17)18-10-2-1-3-12-8(10)6-7-21-12/h4-7,10,18H,1-3H2,(H,19,20). The maximum absolute atomic E-state index is 14.0. The number of rotatable bonds is 3. The summed E-state index contributed by atoms with van der Waals surface area (Å²) in [5, 5.41) is 13.8. The topological polar surface area (TPSA) is 49.3 Å². The molecule has 1 atom stereocenters. The number of thiophene rings is 1. The third kappa shape index (κ3) is 2.51. The van der Waals surface area contributed by atoms with Gasteiger partial charge in [-0.15, -0.1) is 11.3 Å². The molecule has 0 radical (unpaired) electrons. The minimum absolute atomic E-state index is 0.00144. The summed E-state index contributed by atoms with van der Waals surface area (Å²) < 4.78 is 27.7. The summed E-state index contributed by atoms with van der Waals surface area (Å²) in [5.74, 6) is -3.94. The van der Waals surface area contributed by atoms with Crippen LogP contribution in [0.15, 0.2) is 23.6 Å². The van der Waals surface area contributed by atoms with Gasteiger partial charge in [0.15, 0.2) is 11.6 Å². The zero-order chi connectivity index (χ0) is 15.0. The van der Waals surface area contributed by atoms with Crippen molar-refractivity contribution in [2.45, 2.75) is 25.3 Å². The van der Waals surface area contributed by atoms with Crippen LogP contribution in [0.1, 0.15) is 39.7 Å². The molecule has 110 valence electrons. The molecule has 1 aromatic carbocycles. The fourth-order valence-corrected chi connectivity index (χ4v) is 3.64. The summed E-state index contributed by atoms with van der Waals surface area (Å²) in [6.07, 6.45) is 2.84. The predicted octanol–water partition coefficient (Wildman–Crippen LogP) is 4.21. The molecule has 1 unspecified atom stereocenters. The van der Waals surface area contributed by atoms with Gasteiger partial charge in [0, 0.05) is 4.88 Å². The van der Waals surface area contributed by atoms with Gasteiger partial charge in [0.1, 0.15) is 0 Å². The molecule has 0 saturated carbocycles. The Morgan fingerprint density at radius 2 is 2.10 bits per heavy atom. The van der Waals surface area contributed by atoms with Crippen molar-refractivity contribution < 1.29 is 18.7 Å². The summed E-state index contributed by atoms with van der Waals surface area (Å²) in [4.78, 5) is 12.0. The number of aromatic carboxylic acids is 1. The Bertz CT molecular complexity index is 699. The molecule has 1 aliphatic rings. The van der Waals surface area contributed by atoms with Gasteiger partial charge in [-0.05, 0) is 48.4 Å². The summed E-state index contributed by atoms with van der Waals surface area (Å²) in [6.45, 7) is 0. The summed E-state index contributed by atoms with van der Waals surface area (Å²) in [6, 6.07) is 4.30. The van der Waals surface area contributed by atoms with Crippen LogP contribution in [0, 0.1) is 11.6 Å². The largest absolute Gasteiger partial charge is 0.478 e.